The fourth-order valence-corrected chi connectivity index (χ4v) is 2.51. The average molecular weight is 351 g/mol. The van der Waals surface area contributed by atoms with E-state index in [9.17, 15) is 18.0 Å². The van der Waals surface area contributed by atoms with E-state index in [0.717, 1.165) is 18.2 Å². The molecule has 3 rings (SSSR count). The molecular formula is C19H8F3N3O. The number of aromatic nitrogens is 1. The fraction of sp³-hybridized carbons (Fsp3) is 0.0526. The molecule has 4 nitrogen and oxygen atoms in total. The zero-order valence-corrected chi connectivity index (χ0v) is 13.0. The lowest BCUT2D eigenvalue weighted by Gasteiger charge is -2.09. The topological polar surface area (TPSA) is 58.1 Å². The summed E-state index contributed by atoms with van der Waals surface area (Å²) < 4.78 is 43.0. The fourth-order valence-electron chi connectivity index (χ4n) is 2.51. The van der Waals surface area contributed by atoms with Gasteiger partial charge in [0.15, 0.2) is 11.9 Å². The summed E-state index contributed by atoms with van der Waals surface area (Å²) in [5.74, 6) is -3.69. The van der Waals surface area contributed by atoms with Crippen molar-refractivity contribution in [2.75, 3.05) is 0 Å². The minimum Gasteiger partial charge on any atom is -0.288 e. The molecule has 0 saturated heterocycles. The maximum absolute atomic E-state index is 14.8. The third-order valence-corrected chi connectivity index (χ3v) is 3.77. The van der Waals surface area contributed by atoms with Crippen LogP contribution in [0.4, 0.5) is 13.2 Å². The monoisotopic (exact) mass is 351 g/mol. The molecule has 7 heteroatoms. The number of halogens is 3. The number of pyridine rings is 1. The molecule has 0 bridgehead atoms. The van der Waals surface area contributed by atoms with Crippen LogP contribution in [0, 0.1) is 35.4 Å². The largest absolute Gasteiger partial charge is 0.368 e. The Balaban J connectivity index is 2.25. The van der Waals surface area contributed by atoms with E-state index < -0.39 is 40.5 Å². The molecule has 126 valence electrons. The lowest BCUT2D eigenvalue weighted by atomic mass is 10.0. The third kappa shape index (κ3) is 2.76. The highest BCUT2D eigenvalue weighted by Gasteiger charge is 2.28. The van der Waals surface area contributed by atoms with Gasteiger partial charge < -0.3 is 0 Å². The number of nitrogens with zero attached hydrogens (tertiary/aromatic N) is 3. The first-order chi connectivity index (χ1) is 12.5. The molecule has 2 aromatic carbocycles. The maximum atomic E-state index is 14.8. The smallest absolute Gasteiger partial charge is 0.288 e. The Labute approximate surface area is 146 Å². The highest BCUT2D eigenvalue weighted by Crippen LogP contribution is 2.29. The minimum absolute atomic E-state index is 0.0629. The molecule has 0 amide bonds. The van der Waals surface area contributed by atoms with Crippen molar-refractivity contribution >= 4 is 16.7 Å². The molecule has 0 aliphatic rings. The molecule has 0 N–H and O–H groups in total. The summed E-state index contributed by atoms with van der Waals surface area (Å²) in [7, 11) is 0. The SMILES string of the molecule is [C-]#[N+]C(C#N)C(=O)c1ccc2cc(F)c(-c3ccccc3F)nc2c1F. The molecule has 1 heterocycles. The maximum Gasteiger partial charge on any atom is 0.368 e. The first kappa shape index (κ1) is 17.1. The molecule has 26 heavy (non-hydrogen) atoms. The summed E-state index contributed by atoms with van der Waals surface area (Å²) in [6, 6.07) is 8.41. The van der Waals surface area contributed by atoms with Crippen molar-refractivity contribution in [3.8, 4) is 17.3 Å². The number of carbonyl (C=O) groups is 1. The van der Waals surface area contributed by atoms with Crippen LogP contribution in [0.3, 0.4) is 0 Å². The minimum atomic E-state index is -1.69. The second-order valence-electron chi connectivity index (χ2n) is 5.32. The van der Waals surface area contributed by atoms with Crippen LogP contribution in [0.15, 0.2) is 42.5 Å². The lowest BCUT2D eigenvalue weighted by Crippen LogP contribution is -2.16. The molecule has 0 aliphatic carbocycles. The Kier molecular flexibility index (Phi) is 4.38. The Hall–Kier alpha value is -3.71. The molecule has 0 radical (unpaired) electrons. The predicted molar refractivity (Wildman–Crippen MR) is 87.4 cm³/mol. The molecule has 0 spiro atoms. The van der Waals surface area contributed by atoms with Crippen molar-refractivity contribution in [1.82, 2.24) is 4.98 Å². The van der Waals surface area contributed by atoms with Gasteiger partial charge in [-0.05, 0) is 24.3 Å². The standard InChI is InChI=1S/C19H8F3N3O/c1-24-15(9-23)19(26)12-7-6-10-8-14(21)18(25-17(10)16(12)22)11-4-2-3-5-13(11)20/h2-8,15H. The molecule has 1 aromatic heterocycles. The van der Waals surface area contributed by atoms with Crippen LogP contribution in [-0.2, 0) is 0 Å². The van der Waals surface area contributed by atoms with Crippen LogP contribution in [0.1, 0.15) is 10.4 Å². The van der Waals surface area contributed by atoms with Gasteiger partial charge in [-0.3, -0.25) is 9.64 Å². The number of benzene rings is 2. The summed E-state index contributed by atoms with van der Waals surface area (Å²) in [5, 5.41) is 8.87. The third-order valence-electron chi connectivity index (χ3n) is 3.77. The summed E-state index contributed by atoms with van der Waals surface area (Å²) in [5.41, 5.74) is -1.41. The van der Waals surface area contributed by atoms with E-state index >= 15 is 0 Å². The molecule has 0 aliphatic heterocycles. The van der Waals surface area contributed by atoms with Crippen molar-refractivity contribution < 1.29 is 18.0 Å². The molecule has 1 atom stereocenters. The number of Topliss-reactive ketones (excluding diaryl/α,β-unsaturated/α-hetero) is 1. The van der Waals surface area contributed by atoms with Crippen molar-refractivity contribution in [1.29, 1.82) is 5.26 Å². The lowest BCUT2D eigenvalue weighted by molar-refractivity contribution is 0.0988. The Morgan fingerprint density at radius 1 is 1.15 bits per heavy atom. The van der Waals surface area contributed by atoms with E-state index in [1.165, 1.54) is 30.3 Å². The van der Waals surface area contributed by atoms with Gasteiger partial charge in [-0.15, -0.1) is 0 Å². The van der Waals surface area contributed by atoms with Crippen molar-refractivity contribution in [3.63, 3.8) is 0 Å². The molecule has 0 saturated carbocycles. The van der Waals surface area contributed by atoms with E-state index in [0.29, 0.717) is 0 Å². The van der Waals surface area contributed by atoms with Gasteiger partial charge in [-0.2, -0.15) is 5.26 Å². The zero-order chi connectivity index (χ0) is 18.8. The van der Waals surface area contributed by atoms with Crippen LogP contribution >= 0.6 is 0 Å². The van der Waals surface area contributed by atoms with Gasteiger partial charge in [0.1, 0.15) is 22.8 Å². The van der Waals surface area contributed by atoms with E-state index in [-0.39, 0.29) is 16.5 Å². The van der Waals surface area contributed by atoms with Gasteiger partial charge in [0.25, 0.3) is 5.78 Å². The molecule has 3 aromatic rings. The number of nitriles is 1. The average Bonchev–Trinajstić information content (AvgIpc) is 2.63. The summed E-state index contributed by atoms with van der Waals surface area (Å²) in [6.45, 7) is 6.82. The number of hydrogen-bond acceptors (Lipinski definition) is 3. The first-order valence-corrected chi connectivity index (χ1v) is 7.32. The van der Waals surface area contributed by atoms with Crippen LogP contribution in [0.25, 0.3) is 27.0 Å². The highest BCUT2D eigenvalue weighted by atomic mass is 19.1. The van der Waals surface area contributed by atoms with Gasteiger partial charge >= 0.3 is 6.04 Å². The number of carbonyl (C=O) groups excluding carboxylic acids is 1. The Morgan fingerprint density at radius 3 is 2.54 bits per heavy atom. The van der Waals surface area contributed by atoms with Crippen molar-refractivity contribution in [3.05, 3.63) is 76.9 Å². The van der Waals surface area contributed by atoms with Crippen molar-refractivity contribution in [2.45, 2.75) is 6.04 Å². The second-order valence-corrected chi connectivity index (χ2v) is 5.32. The van der Waals surface area contributed by atoms with E-state index in [1.54, 1.807) is 0 Å². The summed E-state index contributed by atoms with van der Waals surface area (Å²) in [4.78, 5) is 18.8. The summed E-state index contributed by atoms with van der Waals surface area (Å²) in [6.07, 6.45) is 0. The van der Waals surface area contributed by atoms with Gasteiger partial charge in [-0.1, -0.05) is 18.2 Å². The zero-order valence-electron chi connectivity index (χ0n) is 13.0. The van der Waals surface area contributed by atoms with E-state index in [2.05, 4.69) is 9.83 Å². The van der Waals surface area contributed by atoms with Gasteiger partial charge in [-0.25, -0.2) is 24.7 Å². The molecule has 1 unspecified atom stereocenters. The van der Waals surface area contributed by atoms with Crippen molar-refractivity contribution in [2.24, 2.45) is 0 Å². The quantitative estimate of drug-likeness (QED) is 0.522. The predicted octanol–water partition coefficient (Wildman–Crippen LogP) is 4.31. The normalized spacial score (nSPS) is 11.6. The second kappa shape index (κ2) is 6.66. The van der Waals surface area contributed by atoms with Gasteiger partial charge in [0.2, 0.25) is 0 Å². The van der Waals surface area contributed by atoms with Crippen LogP contribution in [0.5, 0.6) is 0 Å². The van der Waals surface area contributed by atoms with Crippen LogP contribution in [-0.4, -0.2) is 16.8 Å². The Morgan fingerprint density at radius 2 is 1.88 bits per heavy atom. The Bertz CT molecular complexity index is 1120. The number of rotatable bonds is 3. The molecule has 0 fully saturated rings. The van der Waals surface area contributed by atoms with Crippen LogP contribution < -0.4 is 0 Å². The highest BCUT2D eigenvalue weighted by molar-refractivity contribution is 6.05. The number of ketones is 1. The van der Waals surface area contributed by atoms with Gasteiger partial charge in [0, 0.05) is 10.9 Å². The van der Waals surface area contributed by atoms with E-state index in [1.807, 2.05) is 0 Å². The van der Waals surface area contributed by atoms with Crippen LogP contribution in [0.2, 0.25) is 0 Å². The number of fused-ring (bicyclic) bond motifs is 1. The van der Waals surface area contributed by atoms with Gasteiger partial charge in [0.05, 0.1) is 5.56 Å². The van der Waals surface area contributed by atoms with E-state index in [4.69, 9.17) is 11.8 Å². The summed E-state index contributed by atoms with van der Waals surface area (Å²) >= 11 is 0. The molecular weight excluding hydrogens is 343 g/mol. The first-order valence-electron chi connectivity index (χ1n) is 7.32. The number of hydrogen-bond donors (Lipinski definition) is 0.